The lowest BCUT2D eigenvalue weighted by molar-refractivity contribution is -0.389. The van der Waals surface area contributed by atoms with Crippen LogP contribution < -0.4 is 4.74 Å². The number of ether oxygens (including phenoxy) is 3. The number of hydrogen-bond donors (Lipinski definition) is 0. The van der Waals surface area contributed by atoms with Gasteiger partial charge in [0.1, 0.15) is 18.9 Å². The minimum Gasteiger partial charge on any atom is -0.442 e. The maximum absolute atomic E-state index is 11.6. The quantitative estimate of drug-likeness (QED) is 0.396. The minimum absolute atomic E-state index is 0.132. The normalized spacial score (nSPS) is 15.7. The van der Waals surface area contributed by atoms with Gasteiger partial charge in [0, 0.05) is 28.8 Å². The third-order valence-corrected chi connectivity index (χ3v) is 4.34. The highest BCUT2D eigenvalue weighted by Gasteiger charge is 2.28. The number of halogens is 1. The van der Waals surface area contributed by atoms with Gasteiger partial charge < -0.3 is 24.3 Å². The highest BCUT2D eigenvalue weighted by atomic mass is 79.9. The van der Waals surface area contributed by atoms with Gasteiger partial charge in [0.05, 0.1) is 6.61 Å². The summed E-state index contributed by atoms with van der Waals surface area (Å²) >= 11 is 3.33. The molecule has 0 bridgehead atoms. The van der Waals surface area contributed by atoms with Crippen LogP contribution in [0.1, 0.15) is 18.4 Å². The second-order valence-corrected chi connectivity index (χ2v) is 6.58. The first kappa shape index (κ1) is 18.2. The van der Waals surface area contributed by atoms with E-state index in [0.29, 0.717) is 19.4 Å². The average molecular weight is 426 g/mol. The van der Waals surface area contributed by atoms with Crippen LogP contribution in [0.15, 0.2) is 34.9 Å². The monoisotopic (exact) mass is 425 g/mol. The molecule has 1 aromatic carbocycles. The summed E-state index contributed by atoms with van der Waals surface area (Å²) in [5.41, 5.74) is 0.856. The van der Waals surface area contributed by atoms with Crippen LogP contribution in [0.3, 0.4) is 0 Å². The van der Waals surface area contributed by atoms with Gasteiger partial charge >= 0.3 is 18.0 Å². The van der Waals surface area contributed by atoms with Gasteiger partial charge in [0.25, 0.3) is 0 Å². The van der Waals surface area contributed by atoms with Crippen LogP contribution in [0.5, 0.6) is 6.01 Å². The van der Waals surface area contributed by atoms with E-state index in [9.17, 15) is 14.9 Å². The number of carbonyl (C=O) groups excluding carboxylic acids is 1. The number of aromatic nitrogens is 2. The van der Waals surface area contributed by atoms with Gasteiger partial charge in [-0.15, -0.1) is 0 Å². The summed E-state index contributed by atoms with van der Waals surface area (Å²) in [5, 5.41) is 10.7. The van der Waals surface area contributed by atoms with Crippen molar-refractivity contribution in [2.24, 2.45) is 0 Å². The standard InChI is InChI=1S/C16H16BrN3O6/c17-12-3-1-11(2-4-12)10-25-16(21)24-8-6-13-5-7-19-9-14(20(22)23)18-15(19)26-13/h1-4,9,13H,5-8,10H2/t13-/m1/s1. The Bertz CT molecular complexity index is 792. The van der Waals surface area contributed by atoms with Crippen molar-refractivity contribution in [3.05, 3.63) is 50.6 Å². The van der Waals surface area contributed by atoms with Gasteiger partial charge in [-0.1, -0.05) is 28.1 Å². The molecule has 1 aliphatic heterocycles. The maximum atomic E-state index is 11.6. The molecule has 3 rings (SSSR count). The summed E-state index contributed by atoms with van der Waals surface area (Å²) in [7, 11) is 0. The van der Waals surface area contributed by atoms with Crippen molar-refractivity contribution in [3.63, 3.8) is 0 Å². The van der Waals surface area contributed by atoms with E-state index in [1.54, 1.807) is 4.57 Å². The first-order valence-corrected chi connectivity index (χ1v) is 8.73. The molecule has 0 unspecified atom stereocenters. The lowest BCUT2D eigenvalue weighted by atomic mass is 10.2. The predicted molar refractivity (Wildman–Crippen MR) is 92.8 cm³/mol. The highest BCUT2D eigenvalue weighted by Crippen LogP contribution is 2.25. The number of nitrogens with zero attached hydrogens (tertiary/aromatic N) is 3. The Balaban J connectivity index is 1.38. The summed E-state index contributed by atoms with van der Waals surface area (Å²) in [6.07, 6.45) is 1.48. The van der Waals surface area contributed by atoms with E-state index in [2.05, 4.69) is 20.9 Å². The van der Waals surface area contributed by atoms with E-state index in [1.165, 1.54) is 6.20 Å². The molecule has 0 aliphatic carbocycles. The Hall–Kier alpha value is -2.62. The van der Waals surface area contributed by atoms with Crippen LogP contribution >= 0.6 is 15.9 Å². The summed E-state index contributed by atoms with van der Waals surface area (Å²) < 4.78 is 18.2. The van der Waals surface area contributed by atoms with Gasteiger partial charge in [-0.25, -0.2) is 4.79 Å². The zero-order chi connectivity index (χ0) is 18.5. The number of hydrogen-bond acceptors (Lipinski definition) is 7. The van der Waals surface area contributed by atoms with Crippen LogP contribution in [0.4, 0.5) is 10.6 Å². The number of benzene rings is 1. The molecule has 9 nitrogen and oxygen atoms in total. The molecule has 1 aliphatic rings. The van der Waals surface area contributed by atoms with Gasteiger partial charge in [-0.05, 0) is 22.6 Å². The van der Waals surface area contributed by atoms with Crippen LogP contribution in [0.2, 0.25) is 0 Å². The molecule has 0 N–H and O–H groups in total. The molecule has 0 fully saturated rings. The molecule has 10 heteroatoms. The Labute approximate surface area is 157 Å². The molecule has 26 heavy (non-hydrogen) atoms. The van der Waals surface area contributed by atoms with E-state index in [0.717, 1.165) is 10.0 Å². The molecular weight excluding hydrogens is 410 g/mol. The molecule has 2 aromatic rings. The van der Waals surface area contributed by atoms with E-state index < -0.39 is 11.1 Å². The first-order chi connectivity index (χ1) is 12.5. The van der Waals surface area contributed by atoms with Crippen molar-refractivity contribution >= 4 is 27.9 Å². The van der Waals surface area contributed by atoms with Gasteiger partial charge in [-0.3, -0.25) is 4.57 Å². The number of rotatable bonds is 6. The van der Waals surface area contributed by atoms with Crippen molar-refractivity contribution < 1.29 is 23.9 Å². The van der Waals surface area contributed by atoms with Gasteiger partial charge in [0.15, 0.2) is 0 Å². The third-order valence-electron chi connectivity index (χ3n) is 3.81. The molecule has 0 spiro atoms. The van der Waals surface area contributed by atoms with Crippen molar-refractivity contribution in [1.82, 2.24) is 9.55 Å². The van der Waals surface area contributed by atoms with E-state index in [-0.39, 0.29) is 31.1 Å². The lowest BCUT2D eigenvalue weighted by Gasteiger charge is -2.21. The molecule has 0 saturated heterocycles. The Kier molecular flexibility index (Phi) is 5.71. The summed E-state index contributed by atoms with van der Waals surface area (Å²) in [5.74, 6) is -0.242. The SMILES string of the molecule is O=C(OCC[C@H]1CCn2cc([N+](=O)[O-])nc2O1)OCc1ccc(Br)cc1. The second kappa shape index (κ2) is 8.17. The molecule has 0 radical (unpaired) electrons. The van der Waals surface area contributed by atoms with Crippen molar-refractivity contribution in [1.29, 1.82) is 0 Å². The van der Waals surface area contributed by atoms with E-state index in [4.69, 9.17) is 14.2 Å². The fraction of sp³-hybridized carbons (Fsp3) is 0.375. The molecule has 1 aromatic heterocycles. The molecule has 138 valence electrons. The topological polar surface area (TPSA) is 106 Å². The number of nitro groups is 1. The number of imidazole rings is 1. The summed E-state index contributed by atoms with van der Waals surface area (Å²) in [4.78, 5) is 25.6. The third kappa shape index (κ3) is 4.72. The van der Waals surface area contributed by atoms with Crippen molar-refractivity contribution in [2.75, 3.05) is 6.61 Å². The van der Waals surface area contributed by atoms with Crippen LogP contribution in [0, 0.1) is 10.1 Å². The van der Waals surface area contributed by atoms with Crippen LogP contribution in [-0.2, 0) is 22.6 Å². The fourth-order valence-electron chi connectivity index (χ4n) is 2.46. The van der Waals surface area contributed by atoms with Crippen LogP contribution in [0.25, 0.3) is 0 Å². The Morgan fingerprint density at radius 3 is 2.88 bits per heavy atom. The van der Waals surface area contributed by atoms with E-state index >= 15 is 0 Å². The lowest BCUT2D eigenvalue weighted by Crippen LogP contribution is -2.27. The van der Waals surface area contributed by atoms with Gasteiger partial charge in [-0.2, -0.15) is 0 Å². The summed E-state index contributed by atoms with van der Waals surface area (Å²) in [6.45, 7) is 0.828. The van der Waals surface area contributed by atoms with Crippen molar-refractivity contribution in [3.8, 4) is 6.01 Å². The maximum Gasteiger partial charge on any atom is 0.508 e. The van der Waals surface area contributed by atoms with Crippen molar-refractivity contribution in [2.45, 2.75) is 32.1 Å². The largest absolute Gasteiger partial charge is 0.508 e. The smallest absolute Gasteiger partial charge is 0.442 e. The molecule has 0 saturated carbocycles. The average Bonchev–Trinajstić information content (AvgIpc) is 3.05. The molecule has 1 atom stereocenters. The van der Waals surface area contributed by atoms with Crippen LogP contribution in [-0.4, -0.2) is 33.3 Å². The fourth-order valence-corrected chi connectivity index (χ4v) is 2.72. The van der Waals surface area contributed by atoms with E-state index in [1.807, 2.05) is 24.3 Å². The second-order valence-electron chi connectivity index (χ2n) is 5.66. The van der Waals surface area contributed by atoms with Gasteiger partial charge in [0.2, 0.25) is 0 Å². The highest BCUT2D eigenvalue weighted by molar-refractivity contribution is 9.10. The number of carbonyl (C=O) groups is 1. The molecule has 2 heterocycles. The molecule has 0 amide bonds. The number of fused-ring (bicyclic) bond motifs is 1. The predicted octanol–water partition coefficient (Wildman–Crippen LogP) is 3.45. The zero-order valence-electron chi connectivity index (χ0n) is 13.7. The minimum atomic E-state index is -0.749. The summed E-state index contributed by atoms with van der Waals surface area (Å²) in [6, 6.07) is 7.62. The number of aryl methyl sites for hydroxylation is 1. The Morgan fingerprint density at radius 2 is 2.15 bits per heavy atom. The molecular formula is C16H16BrN3O6. The zero-order valence-corrected chi connectivity index (χ0v) is 15.3. The Morgan fingerprint density at radius 1 is 1.38 bits per heavy atom. The first-order valence-electron chi connectivity index (χ1n) is 7.93.